The number of nitrogens with zero attached hydrogens (tertiary/aromatic N) is 7. The lowest BCUT2D eigenvalue weighted by atomic mass is 10.2. The Labute approximate surface area is 187 Å². The monoisotopic (exact) mass is 445 g/mol. The Hall–Kier alpha value is -4.74. The molecule has 2 aromatic heterocycles. The van der Waals surface area contributed by atoms with Gasteiger partial charge in [0.25, 0.3) is 5.91 Å². The summed E-state index contributed by atoms with van der Waals surface area (Å²) in [7, 11) is 0. The van der Waals surface area contributed by atoms with Crippen molar-refractivity contribution >= 4 is 23.6 Å². The molecular weight excluding hydrogens is 426 g/mol. The van der Waals surface area contributed by atoms with Crippen LogP contribution in [0.5, 0.6) is 5.75 Å². The fraction of sp³-hybridized carbons (Fsp3) is 0.143. The third-order valence-corrected chi connectivity index (χ3v) is 5.25. The van der Waals surface area contributed by atoms with Crippen molar-refractivity contribution in [1.29, 1.82) is 0 Å². The quantitative estimate of drug-likeness (QED) is 0.293. The van der Waals surface area contributed by atoms with Crippen molar-refractivity contribution in [2.24, 2.45) is 5.10 Å². The van der Waals surface area contributed by atoms with Gasteiger partial charge in [-0.25, -0.2) is 10.1 Å². The van der Waals surface area contributed by atoms with Crippen molar-refractivity contribution in [3.8, 4) is 11.6 Å². The Morgan fingerprint density at radius 1 is 1.24 bits per heavy atom. The van der Waals surface area contributed by atoms with Crippen molar-refractivity contribution in [2.45, 2.75) is 13.0 Å². The van der Waals surface area contributed by atoms with E-state index in [-0.39, 0.29) is 23.1 Å². The summed E-state index contributed by atoms with van der Waals surface area (Å²) in [6, 6.07) is 14.5. The maximum atomic E-state index is 12.9. The largest absolute Gasteiger partial charge is 0.508 e. The van der Waals surface area contributed by atoms with Crippen molar-refractivity contribution in [1.82, 2.24) is 30.7 Å². The summed E-state index contributed by atoms with van der Waals surface area (Å²) >= 11 is 0. The van der Waals surface area contributed by atoms with Crippen LogP contribution < -0.4 is 16.1 Å². The first kappa shape index (κ1) is 20.2. The number of rotatable bonds is 6. The molecule has 0 saturated carbocycles. The zero-order valence-corrected chi connectivity index (χ0v) is 17.3. The summed E-state index contributed by atoms with van der Waals surface area (Å²) in [6.45, 7) is 1.10. The molecule has 3 heterocycles. The van der Waals surface area contributed by atoms with Crippen LogP contribution in [0.2, 0.25) is 0 Å². The summed E-state index contributed by atoms with van der Waals surface area (Å²) < 4.78 is 6.05. The van der Waals surface area contributed by atoms with E-state index in [0.717, 1.165) is 18.7 Å². The Kier molecular flexibility index (Phi) is 5.15. The number of para-hydroxylation sites is 1. The van der Waals surface area contributed by atoms with E-state index >= 15 is 0 Å². The fourth-order valence-corrected chi connectivity index (χ4v) is 3.70. The van der Waals surface area contributed by atoms with Crippen LogP contribution in [0.25, 0.3) is 5.82 Å². The summed E-state index contributed by atoms with van der Waals surface area (Å²) in [4.78, 5) is 15.0. The molecule has 0 aliphatic carbocycles. The molecule has 12 nitrogen and oxygen atoms in total. The summed E-state index contributed by atoms with van der Waals surface area (Å²) in [5.74, 6) is -0.292. The van der Waals surface area contributed by atoms with Gasteiger partial charge in [-0.05, 0) is 46.1 Å². The van der Waals surface area contributed by atoms with Gasteiger partial charge >= 0.3 is 0 Å². The van der Waals surface area contributed by atoms with Gasteiger partial charge in [0.15, 0.2) is 5.69 Å². The number of hydrogen-bond donors (Lipinski definition) is 3. The lowest BCUT2D eigenvalue weighted by Gasteiger charge is -2.19. The van der Waals surface area contributed by atoms with Gasteiger partial charge in [-0.15, -0.1) is 5.10 Å². The number of amides is 1. The minimum Gasteiger partial charge on any atom is -0.508 e. The molecule has 0 atom stereocenters. The Morgan fingerprint density at radius 3 is 2.94 bits per heavy atom. The minimum atomic E-state index is -0.560. The molecule has 1 aliphatic heterocycles. The van der Waals surface area contributed by atoms with Crippen LogP contribution >= 0.6 is 0 Å². The zero-order chi connectivity index (χ0) is 22.8. The highest BCUT2D eigenvalue weighted by Crippen LogP contribution is 2.30. The number of carbonyl (C=O) groups is 1. The molecule has 4 aromatic rings. The molecule has 0 bridgehead atoms. The molecule has 0 unspecified atom stereocenters. The second-order valence-corrected chi connectivity index (χ2v) is 7.36. The van der Waals surface area contributed by atoms with Crippen molar-refractivity contribution < 1.29 is 14.5 Å². The van der Waals surface area contributed by atoms with Gasteiger partial charge in [-0.3, -0.25) is 4.79 Å². The maximum Gasteiger partial charge on any atom is 0.293 e. The molecule has 0 radical (unpaired) electrons. The van der Waals surface area contributed by atoms with Crippen LogP contribution in [0, 0.1) is 0 Å². The molecule has 33 heavy (non-hydrogen) atoms. The van der Waals surface area contributed by atoms with Crippen LogP contribution in [0.1, 0.15) is 27.3 Å². The Morgan fingerprint density at radius 2 is 2.12 bits per heavy atom. The van der Waals surface area contributed by atoms with Gasteiger partial charge in [-0.1, -0.05) is 35.5 Å². The van der Waals surface area contributed by atoms with Gasteiger partial charge in [0.2, 0.25) is 11.6 Å². The van der Waals surface area contributed by atoms with Gasteiger partial charge < -0.3 is 15.7 Å². The number of phenols is 1. The molecule has 0 fully saturated rings. The lowest BCUT2D eigenvalue weighted by Crippen LogP contribution is -2.26. The number of hydrogen-bond acceptors (Lipinski definition) is 10. The first-order chi connectivity index (χ1) is 16.1. The van der Waals surface area contributed by atoms with E-state index in [4.69, 9.17) is 10.4 Å². The van der Waals surface area contributed by atoms with Crippen molar-refractivity contribution in [3.63, 3.8) is 0 Å². The summed E-state index contributed by atoms with van der Waals surface area (Å²) in [5.41, 5.74) is 11.7. The van der Waals surface area contributed by atoms with E-state index in [1.807, 2.05) is 18.2 Å². The maximum absolute atomic E-state index is 12.9. The van der Waals surface area contributed by atoms with Gasteiger partial charge in [0, 0.05) is 12.2 Å². The Balaban J connectivity index is 1.44. The van der Waals surface area contributed by atoms with Crippen LogP contribution in [0.15, 0.2) is 58.3 Å². The molecule has 1 amide bonds. The van der Waals surface area contributed by atoms with Crippen LogP contribution in [-0.4, -0.2) is 49.1 Å². The number of phenolic OH excluding ortho intramolecular Hbond substituents is 1. The first-order valence-corrected chi connectivity index (χ1v) is 10.1. The predicted molar refractivity (Wildman–Crippen MR) is 118 cm³/mol. The second-order valence-electron chi connectivity index (χ2n) is 7.36. The topological polar surface area (TPSA) is 161 Å². The van der Waals surface area contributed by atoms with E-state index < -0.39 is 5.91 Å². The molecule has 12 heteroatoms. The number of carbonyl (C=O) groups excluding carboxylic acids is 1. The molecule has 2 aromatic carbocycles. The smallest absolute Gasteiger partial charge is 0.293 e. The number of aromatic nitrogens is 5. The van der Waals surface area contributed by atoms with E-state index in [9.17, 15) is 9.90 Å². The van der Waals surface area contributed by atoms with E-state index in [1.165, 1.54) is 22.5 Å². The molecule has 0 spiro atoms. The molecule has 1 aliphatic rings. The number of nitrogens with two attached hydrogens (primary N) is 1. The summed E-state index contributed by atoms with van der Waals surface area (Å²) in [5, 5.41) is 29.0. The average Bonchev–Trinajstić information content (AvgIpc) is 3.53. The van der Waals surface area contributed by atoms with E-state index in [1.54, 1.807) is 18.2 Å². The van der Waals surface area contributed by atoms with Gasteiger partial charge in [0.1, 0.15) is 5.75 Å². The summed E-state index contributed by atoms with van der Waals surface area (Å²) in [6.07, 6.45) is 2.30. The van der Waals surface area contributed by atoms with Crippen LogP contribution in [0.4, 0.5) is 11.5 Å². The number of hydrazone groups is 1. The molecular formula is C21H19N9O3. The normalized spacial score (nSPS) is 12.9. The number of aromatic hydroxyl groups is 1. The number of nitrogens with one attached hydrogen (secondary N) is 1. The molecule has 166 valence electrons. The van der Waals surface area contributed by atoms with Gasteiger partial charge in [-0.2, -0.15) is 9.78 Å². The molecule has 5 rings (SSSR count). The third-order valence-electron chi connectivity index (χ3n) is 5.25. The lowest BCUT2D eigenvalue weighted by molar-refractivity contribution is 0.0949. The highest BCUT2D eigenvalue weighted by atomic mass is 16.6. The van der Waals surface area contributed by atoms with Crippen molar-refractivity contribution in [2.75, 3.05) is 17.2 Å². The van der Waals surface area contributed by atoms with Gasteiger partial charge in [0.05, 0.1) is 18.5 Å². The SMILES string of the molecule is Nc1nonc1-n1nnc(C(=O)N/N=C/c2cccc(O)c2)c1CN1CCc2ccccc21. The van der Waals surface area contributed by atoms with Crippen molar-refractivity contribution in [3.05, 3.63) is 71.0 Å². The number of nitrogen functional groups attached to an aromatic ring is 1. The standard InChI is InChI=1S/C21H19N9O3/c22-19-20(27-33-26-19)30-17(12-29-9-8-14-5-1-2-7-16(14)29)18(24-28-30)21(32)25-23-11-13-4-3-6-15(31)10-13/h1-7,10-11,31H,8-9,12H2,(H2,22,26)(H,25,32)/b23-11+. The average molecular weight is 445 g/mol. The van der Waals surface area contributed by atoms with Crippen LogP contribution in [0.3, 0.4) is 0 Å². The highest BCUT2D eigenvalue weighted by Gasteiger charge is 2.27. The van der Waals surface area contributed by atoms with Crippen LogP contribution in [-0.2, 0) is 13.0 Å². The first-order valence-electron chi connectivity index (χ1n) is 10.1. The highest BCUT2D eigenvalue weighted by molar-refractivity contribution is 5.94. The number of fused-ring (bicyclic) bond motifs is 1. The molecule has 0 saturated heterocycles. The third kappa shape index (κ3) is 3.96. The fourth-order valence-electron chi connectivity index (χ4n) is 3.70. The number of anilines is 2. The van der Waals surface area contributed by atoms with E-state index in [2.05, 4.69) is 42.1 Å². The predicted octanol–water partition coefficient (Wildman–Crippen LogP) is 1.26. The number of benzene rings is 2. The zero-order valence-electron chi connectivity index (χ0n) is 17.3. The van der Waals surface area contributed by atoms with E-state index in [0.29, 0.717) is 17.8 Å². The minimum absolute atomic E-state index is 0.0248. The second kappa shape index (κ2) is 8.42. The Bertz CT molecular complexity index is 1340. The molecule has 4 N–H and O–H groups in total.